The Morgan fingerprint density at radius 2 is 1.96 bits per heavy atom. The molecule has 3 rings (SSSR count). The fraction of sp³-hybridized carbons (Fsp3) is 0.211. The Kier molecular flexibility index (Phi) is 6.12. The van der Waals surface area contributed by atoms with Crippen molar-refractivity contribution in [2.75, 3.05) is 19.0 Å². The lowest BCUT2D eigenvalue weighted by Crippen LogP contribution is -2.11. The van der Waals surface area contributed by atoms with Crippen LogP contribution in [0, 0.1) is 0 Å². The molecule has 0 saturated heterocycles. The lowest BCUT2D eigenvalue weighted by molar-refractivity contribution is 0.0589. The summed E-state index contributed by atoms with van der Waals surface area (Å²) in [6, 6.07) is 12.9. The van der Waals surface area contributed by atoms with E-state index in [4.69, 9.17) is 32.7 Å². The maximum absolute atomic E-state index is 12.3. The van der Waals surface area contributed by atoms with Crippen molar-refractivity contribution in [1.82, 2.24) is 4.57 Å². The number of alkyl halides is 1. The molecule has 0 atom stereocenters. The fourth-order valence-corrected chi connectivity index (χ4v) is 3.28. The third-order valence-electron chi connectivity index (χ3n) is 3.96. The molecular weight excluding hydrogens is 441 g/mol. The predicted octanol–water partition coefficient (Wildman–Crippen LogP) is 5.56. The molecule has 2 aromatic carbocycles. The van der Waals surface area contributed by atoms with E-state index in [1.165, 1.54) is 7.11 Å². The molecule has 0 radical (unpaired) electrons. The maximum Gasteiger partial charge on any atom is 0.354 e. The number of hydrogen-bond donors (Lipinski definition) is 0. The van der Waals surface area contributed by atoms with Crippen LogP contribution in [0.1, 0.15) is 16.1 Å². The van der Waals surface area contributed by atoms with Gasteiger partial charge in [-0.2, -0.15) is 0 Å². The number of fused-ring (bicyclic) bond motifs is 1. The van der Waals surface area contributed by atoms with Crippen molar-refractivity contribution in [3.8, 4) is 5.75 Å². The summed E-state index contributed by atoms with van der Waals surface area (Å²) in [5.74, 6) is 0.313. The van der Waals surface area contributed by atoms with E-state index < -0.39 is 5.97 Å². The number of benzene rings is 2. The minimum Gasteiger partial charge on any atom is -0.492 e. The number of nitrogens with zero attached hydrogens (tertiary/aromatic N) is 1. The lowest BCUT2D eigenvalue weighted by Gasteiger charge is -2.11. The number of carbonyl (C=O) groups excluding carboxylic acids is 1. The molecule has 0 amide bonds. The van der Waals surface area contributed by atoms with Crippen LogP contribution in [0.5, 0.6) is 5.75 Å². The van der Waals surface area contributed by atoms with Gasteiger partial charge >= 0.3 is 5.97 Å². The Labute approximate surface area is 169 Å². The summed E-state index contributed by atoms with van der Waals surface area (Å²) in [5.41, 5.74) is 2.25. The van der Waals surface area contributed by atoms with Gasteiger partial charge in [-0.15, -0.1) is 0 Å². The molecule has 1 aromatic heterocycles. The molecule has 0 saturated carbocycles. The van der Waals surface area contributed by atoms with Crippen LogP contribution in [-0.4, -0.2) is 29.6 Å². The molecule has 0 N–H and O–H groups in total. The van der Waals surface area contributed by atoms with Crippen LogP contribution in [0.3, 0.4) is 0 Å². The number of halogens is 3. The van der Waals surface area contributed by atoms with Gasteiger partial charge in [0.1, 0.15) is 11.4 Å². The average molecular weight is 457 g/mol. The van der Waals surface area contributed by atoms with Crippen molar-refractivity contribution in [3.63, 3.8) is 0 Å². The normalized spacial score (nSPS) is 10.9. The molecule has 1 heterocycles. The van der Waals surface area contributed by atoms with Gasteiger partial charge in [0.25, 0.3) is 0 Å². The van der Waals surface area contributed by atoms with E-state index in [2.05, 4.69) is 15.9 Å². The highest BCUT2D eigenvalue weighted by molar-refractivity contribution is 9.09. The highest BCUT2D eigenvalue weighted by Gasteiger charge is 2.19. The van der Waals surface area contributed by atoms with E-state index in [-0.39, 0.29) is 0 Å². The Bertz CT molecular complexity index is 955. The van der Waals surface area contributed by atoms with Gasteiger partial charge in [-0.25, -0.2) is 4.79 Å². The van der Waals surface area contributed by atoms with Crippen LogP contribution in [0.4, 0.5) is 0 Å². The molecule has 3 aromatic rings. The molecule has 0 aliphatic carbocycles. The summed E-state index contributed by atoms with van der Waals surface area (Å²) >= 11 is 15.5. The van der Waals surface area contributed by atoms with E-state index in [1.807, 2.05) is 28.8 Å². The second-order valence-corrected chi connectivity index (χ2v) is 7.19. The summed E-state index contributed by atoms with van der Waals surface area (Å²) in [6.45, 7) is 0.983. The summed E-state index contributed by atoms with van der Waals surface area (Å²) in [6.07, 6.45) is 0. The molecule has 0 bridgehead atoms. The van der Waals surface area contributed by atoms with Crippen molar-refractivity contribution in [3.05, 3.63) is 63.8 Å². The Morgan fingerprint density at radius 1 is 1.15 bits per heavy atom. The quantitative estimate of drug-likeness (QED) is 0.360. The highest BCUT2D eigenvalue weighted by atomic mass is 79.9. The Balaban J connectivity index is 2.11. The van der Waals surface area contributed by atoms with E-state index in [9.17, 15) is 4.79 Å². The second kappa shape index (κ2) is 8.33. The molecule has 0 spiro atoms. The lowest BCUT2D eigenvalue weighted by atomic mass is 10.2. The predicted molar refractivity (Wildman–Crippen MR) is 108 cm³/mol. The maximum atomic E-state index is 12.3. The van der Waals surface area contributed by atoms with Gasteiger partial charge in [-0.05, 0) is 35.9 Å². The van der Waals surface area contributed by atoms with Gasteiger partial charge in [0.2, 0.25) is 0 Å². The second-order valence-electron chi connectivity index (χ2n) is 5.58. The minimum atomic E-state index is -0.410. The average Bonchev–Trinajstić information content (AvgIpc) is 3.01. The third-order valence-corrected chi connectivity index (χ3v) is 5.02. The minimum absolute atomic E-state index is 0.410. The summed E-state index contributed by atoms with van der Waals surface area (Å²) in [5, 5.41) is 2.54. The van der Waals surface area contributed by atoms with Crippen LogP contribution < -0.4 is 4.74 Å². The van der Waals surface area contributed by atoms with E-state index in [0.717, 1.165) is 27.5 Å². The van der Waals surface area contributed by atoms with Gasteiger partial charge in [0.15, 0.2) is 0 Å². The summed E-state index contributed by atoms with van der Waals surface area (Å²) < 4.78 is 12.6. The van der Waals surface area contributed by atoms with Crippen molar-refractivity contribution >= 4 is 56.0 Å². The number of rotatable bonds is 6. The number of aromatic nitrogens is 1. The number of ether oxygens (including phenoxy) is 2. The molecule has 0 aliphatic heterocycles. The van der Waals surface area contributed by atoms with Crippen molar-refractivity contribution in [2.45, 2.75) is 6.54 Å². The SMILES string of the molecule is COC(=O)c1cc2c(OCCBr)cccc2n1Cc1ccc(Cl)c(Cl)c1. The smallest absolute Gasteiger partial charge is 0.354 e. The van der Waals surface area contributed by atoms with Gasteiger partial charge < -0.3 is 14.0 Å². The summed E-state index contributed by atoms with van der Waals surface area (Å²) in [7, 11) is 1.37. The van der Waals surface area contributed by atoms with Crippen LogP contribution in [-0.2, 0) is 11.3 Å². The van der Waals surface area contributed by atoms with Crippen LogP contribution >= 0.6 is 39.1 Å². The number of methoxy groups -OCH3 is 1. The van der Waals surface area contributed by atoms with Crippen molar-refractivity contribution in [2.24, 2.45) is 0 Å². The van der Waals surface area contributed by atoms with Gasteiger partial charge in [-0.1, -0.05) is 51.3 Å². The zero-order valence-corrected chi connectivity index (χ0v) is 17.1. The topological polar surface area (TPSA) is 40.5 Å². The van der Waals surface area contributed by atoms with Gasteiger partial charge in [0, 0.05) is 17.3 Å². The molecule has 26 heavy (non-hydrogen) atoms. The first-order chi connectivity index (χ1) is 12.5. The van der Waals surface area contributed by atoms with Crippen molar-refractivity contribution in [1.29, 1.82) is 0 Å². The Morgan fingerprint density at radius 3 is 2.65 bits per heavy atom. The monoisotopic (exact) mass is 455 g/mol. The van der Waals surface area contributed by atoms with Crippen LogP contribution in [0.25, 0.3) is 10.9 Å². The largest absolute Gasteiger partial charge is 0.492 e. The van der Waals surface area contributed by atoms with E-state index >= 15 is 0 Å². The number of esters is 1. The number of hydrogen-bond acceptors (Lipinski definition) is 3. The first-order valence-corrected chi connectivity index (χ1v) is 9.76. The van der Waals surface area contributed by atoms with Crippen LogP contribution in [0.15, 0.2) is 42.5 Å². The zero-order chi connectivity index (χ0) is 18.7. The Hall–Kier alpha value is -1.69. The molecule has 7 heteroatoms. The van der Waals surface area contributed by atoms with Crippen molar-refractivity contribution < 1.29 is 14.3 Å². The molecule has 0 fully saturated rings. The first-order valence-electron chi connectivity index (χ1n) is 7.88. The third kappa shape index (κ3) is 3.85. The first kappa shape index (κ1) is 19.1. The van der Waals surface area contributed by atoms with Crippen LogP contribution in [0.2, 0.25) is 10.0 Å². The zero-order valence-electron chi connectivity index (χ0n) is 14.0. The van der Waals surface area contributed by atoms with Gasteiger partial charge in [0.05, 0.1) is 29.3 Å². The van der Waals surface area contributed by atoms with E-state index in [0.29, 0.717) is 28.9 Å². The molecule has 0 unspecified atom stereocenters. The van der Waals surface area contributed by atoms with E-state index in [1.54, 1.807) is 18.2 Å². The molecule has 0 aliphatic rings. The molecule has 4 nitrogen and oxygen atoms in total. The fourth-order valence-electron chi connectivity index (χ4n) is 2.80. The number of carbonyl (C=O) groups is 1. The van der Waals surface area contributed by atoms with Gasteiger partial charge in [-0.3, -0.25) is 0 Å². The summed E-state index contributed by atoms with van der Waals surface area (Å²) in [4.78, 5) is 12.3. The standard InChI is InChI=1S/C19H16BrCl2NO3/c1-25-19(24)17-10-13-16(3-2-4-18(13)26-8-7-20)23(17)11-12-5-6-14(21)15(22)9-12/h2-6,9-10H,7-8,11H2,1H3. The highest BCUT2D eigenvalue weighted by Crippen LogP contribution is 2.31. The molecule has 136 valence electrons. The molecular formula is C19H16BrCl2NO3.